The molecule has 35 heavy (non-hydrogen) atoms. The molecule has 2 aliphatic rings. The van der Waals surface area contributed by atoms with Crippen LogP contribution in [0.25, 0.3) is 16.5 Å². The molecule has 176 valence electrons. The van der Waals surface area contributed by atoms with Crippen LogP contribution in [0, 0.1) is 18.3 Å². The van der Waals surface area contributed by atoms with Crippen molar-refractivity contribution in [2.75, 3.05) is 6.61 Å². The average molecular weight is 467 g/mol. The first-order chi connectivity index (χ1) is 16.9. The first-order valence-electron chi connectivity index (χ1n) is 11.9. The lowest BCUT2D eigenvalue weighted by atomic mass is 9.78. The molecule has 0 saturated carbocycles. The summed E-state index contributed by atoms with van der Waals surface area (Å²) in [5.74, 6) is 0.761. The highest BCUT2D eigenvalue weighted by atomic mass is 16.5. The second-order valence-corrected chi connectivity index (χ2v) is 9.76. The van der Waals surface area contributed by atoms with Crippen LogP contribution in [-0.4, -0.2) is 21.4 Å². The lowest BCUT2D eigenvalue weighted by Gasteiger charge is -2.26. The van der Waals surface area contributed by atoms with E-state index in [9.17, 15) is 15.5 Å². The number of benzene rings is 3. The summed E-state index contributed by atoms with van der Waals surface area (Å²) in [6.45, 7) is 4.42. The summed E-state index contributed by atoms with van der Waals surface area (Å²) in [5, 5.41) is 34.1. The molecule has 2 atom stereocenters. The highest BCUT2D eigenvalue weighted by molar-refractivity contribution is 5.95. The van der Waals surface area contributed by atoms with Gasteiger partial charge in [-0.25, -0.2) is 0 Å². The molecule has 6 rings (SSSR count). The smallest absolute Gasteiger partial charge is 0.205 e. The van der Waals surface area contributed by atoms with Gasteiger partial charge in [0.05, 0.1) is 40.7 Å². The molecular formula is C29H26N2O4. The van der Waals surface area contributed by atoms with E-state index in [1.165, 1.54) is 4.57 Å². The van der Waals surface area contributed by atoms with Gasteiger partial charge in [-0.15, -0.1) is 0 Å². The first kappa shape index (κ1) is 21.6. The van der Waals surface area contributed by atoms with Crippen LogP contribution in [0.2, 0.25) is 0 Å². The number of hydrogen-bond donors (Lipinski definition) is 2. The molecule has 1 fully saturated rings. The Bertz CT molecular complexity index is 1530. The lowest BCUT2D eigenvalue weighted by Crippen LogP contribution is -2.25. The molecule has 0 spiro atoms. The third kappa shape index (κ3) is 3.05. The van der Waals surface area contributed by atoms with Crippen LogP contribution in [0.3, 0.4) is 0 Å². The fourth-order valence-electron chi connectivity index (χ4n) is 5.95. The normalized spacial score (nSPS) is 22.3. The van der Waals surface area contributed by atoms with E-state index < -0.39 is 11.2 Å². The van der Waals surface area contributed by atoms with Crippen molar-refractivity contribution in [2.45, 2.75) is 44.3 Å². The number of rotatable bonds is 5. The maximum atomic E-state index is 11.5. The van der Waals surface area contributed by atoms with Crippen molar-refractivity contribution in [1.82, 2.24) is 4.57 Å². The fraction of sp³-hybridized carbons (Fsp3) is 0.276. The topological polar surface area (TPSA) is 87.6 Å². The van der Waals surface area contributed by atoms with Crippen LogP contribution in [0.5, 0.6) is 17.5 Å². The van der Waals surface area contributed by atoms with Crippen molar-refractivity contribution in [1.29, 1.82) is 5.26 Å². The molecule has 0 unspecified atom stereocenters. The molecule has 0 aliphatic carbocycles. The monoisotopic (exact) mass is 466 g/mol. The van der Waals surface area contributed by atoms with Gasteiger partial charge in [-0.2, -0.15) is 5.26 Å². The molecule has 0 radical (unpaired) electrons. The Kier molecular flexibility index (Phi) is 4.64. The lowest BCUT2D eigenvalue weighted by molar-refractivity contribution is -0.0876. The SMILES string of the molecule is Cc1cccc(OCC[C@]23CC[C@](C)(O2)c2c3c(O)n(-c3ccc(C#N)c4ccccc34)c2O)c1. The number of aromatic hydroxyl groups is 2. The van der Waals surface area contributed by atoms with Gasteiger partial charge in [0.15, 0.2) is 0 Å². The van der Waals surface area contributed by atoms with Crippen LogP contribution >= 0.6 is 0 Å². The Hall–Kier alpha value is -3.95. The Morgan fingerprint density at radius 3 is 2.54 bits per heavy atom. The van der Waals surface area contributed by atoms with Gasteiger partial charge in [0.1, 0.15) is 11.4 Å². The molecule has 6 nitrogen and oxygen atoms in total. The maximum Gasteiger partial charge on any atom is 0.205 e. The minimum absolute atomic E-state index is 0.0176. The van der Waals surface area contributed by atoms with E-state index in [-0.39, 0.29) is 11.8 Å². The maximum absolute atomic E-state index is 11.5. The molecular weight excluding hydrogens is 440 g/mol. The van der Waals surface area contributed by atoms with E-state index in [1.807, 2.05) is 62.4 Å². The van der Waals surface area contributed by atoms with E-state index >= 15 is 0 Å². The van der Waals surface area contributed by atoms with Crippen molar-refractivity contribution in [3.8, 4) is 29.3 Å². The molecule has 2 bridgehead atoms. The van der Waals surface area contributed by atoms with Gasteiger partial charge in [0.25, 0.3) is 0 Å². The third-order valence-corrected chi connectivity index (χ3v) is 7.56. The molecule has 2 aliphatic heterocycles. The molecule has 3 aromatic carbocycles. The Balaban J connectivity index is 1.44. The van der Waals surface area contributed by atoms with E-state index in [2.05, 4.69) is 6.07 Å². The van der Waals surface area contributed by atoms with Crippen molar-refractivity contribution in [3.63, 3.8) is 0 Å². The first-order valence-corrected chi connectivity index (χ1v) is 11.9. The molecule has 4 aromatic rings. The Morgan fingerprint density at radius 2 is 1.77 bits per heavy atom. The number of fused-ring (bicyclic) bond motifs is 6. The van der Waals surface area contributed by atoms with Crippen LogP contribution in [-0.2, 0) is 15.9 Å². The predicted octanol–water partition coefficient (Wildman–Crippen LogP) is 5.93. The van der Waals surface area contributed by atoms with Gasteiger partial charge in [-0.1, -0.05) is 36.4 Å². The standard InChI is InChI=1S/C29H26N2O4/c1-18-6-5-7-20(16-18)34-15-14-29-13-12-28(2,35-29)24-25(29)27(33)31(26(24)32)23-11-10-19(17-30)21-8-3-4-9-22(21)23/h3-11,16,32-33H,12-15H2,1-2H3/t28-,29-/m0/s1. The third-order valence-electron chi connectivity index (χ3n) is 7.56. The number of hydrogen-bond acceptors (Lipinski definition) is 5. The quantitative estimate of drug-likeness (QED) is 0.381. The summed E-state index contributed by atoms with van der Waals surface area (Å²) < 4.78 is 14.1. The van der Waals surface area contributed by atoms with Crippen LogP contribution in [0.1, 0.15) is 48.4 Å². The molecule has 0 amide bonds. The van der Waals surface area contributed by atoms with Crippen LogP contribution in [0.4, 0.5) is 0 Å². The summed E-state index contributed by atoms with van der Waals surface area (Å²) in [7, 11) is 0. The van der Waals surface area contributed by atoms with Gasteiger partial charge in [0, 0.05) is 17.2 Å². The second kappa shape index (κ2) is 7.53. The number of aromatic nitrogens is 1. The van der Waals surface area contributed by atoms with Crippen molar-refractivity contribution in [3.05, 3.63) is 82.9 Å². The number of aryl methyl sites for hydroxylation is 1. The number of nitriles is 1. The number of nitrogens with zero attached hydrogens (tertiary/aromatic N) is 2. The van der Waals surface area contributed by atoms with Gasteiger partial charge in [-0.3, -0.25) is 4.57 Å². The van der Waals surface area contributed by atoms with E-state index in [0.717, 1.165) is 34.9 Å². The van der Waals surface area contributed by atoms with Gasteiger partial charge in [-0.05, 0) is 56.5 Å². The molecule has 1 aromatic heterocycles. The Labute approximate surface area is 203 Å². The highest BCUT2D eigenvalue weighted by Crippen LogP contribution is 2.65. The van der Waals surface area contributed by atoms with Gasteiger partial charge in [0.2, 0.25) is 11.8 Å². The molecule has 1 saturated heterocycles. The van der Waals surface area contributed by atoms with E-state index in [0.29, 0.717) is 35.4 Å². The van der Waals surface area contributed by atoms with E-state index in [1.54, 1.807) is 12.1 Å². The summed E-state index contributed by atoms with van der Waals surface area (Å²) in [5.41, 5.74) is 2.16. The minimum atomic E-state index is -0.733. The zero-order valence-electron chi connectivity index (χ0n) is 19.7. The van der Waals surface area contributed by atoms with Gasteiger partial charge < -0.3 is 19.7 Å². The predicted molar refractivity (Wildman–Crippen MR) is 132 cm³/mol. The van der Waals surface area contributed by atoms with Crippen LogP contribution < -0.4 is 4.74 Å². The minimum Gasteiger partial charge on any atom is -0.494 e. The van der Waals surface area contributed by atoms with Crippen molar-refractivity contribution < 1.29 is 19.7 Å². The Morgan fingerprint density at radius 1 is 1.00 bits per heavy atom. The zero-order chi connectivity index (χ0) is 24.4. The van der Waals surface area contributed by atoms with E-state index in [4.69, 9.17) is 9.47 Å². The van der Waals surface area contributed by atoms with Crippen molar-refractivity contribution >= 4 is 10.8 Å². The van der Waals surface area contributed by atoms with Gasteiger partial charge >= 0.3 is 0 Å². The summed E-state index contributed by atoms with van der Waals surface area (Å²) in [6, 6.07) is 21.2. The number of ether oxygens (including phenoxy) is 2. The second-order valence-electron chi connectivity index (χ2n) is 9.76. The summed E-state index contributed by atoms with van der Waals surface area (Å²) >= 11 is 0. The largest absolute Gasteiger partial charge is 0.494 e. The molecule has 2 N–H and O–H groups in total. The van der Waals surface area contributed by atoms with Crippen molar-refractivity contribution in [2.24, 2.45) is 0 Å². The molecule has 6 heteroatoms. The molecule has 3 heterocycles. The summed E-state index contributed by atoms with van der Waals surface area (Å²) in [6.07, 6.45) is 2.03. The average Bonchev–Trinajstić information content (AvgIpc) is 3.43. The van der Waals surface area contributed by atoms with Crippen LogP contribution in [0.15, 0.2) is 60.7 Å². The zero-order valence-corrected chi connectivity index (χ0v) is 19.7. The fourth-order valence-corrected chi connectivity index (χ4v) is 5.95. The highest BCUT2D eigenvalue weighted by Gasteiger charge is 2.61. The summed E-state index contributed by atoms with van der Waals surface area (Å²) in [4.78, 5) is 0.